The van der Waals surface area contributed by atoms with Crippen molar-refractivity contribution < 1.29 is 9.18 Å². The first kappa shape index (κ1) is 12.5. The summed E-state index contributed by atoms with van der Waals surface area (Å²) in [6, 6.07) is 13.5. The van der Waals surface area contributed by atoms with Crippen LogP contribution in [0.25, 0.3) is 11.0 Å². The smallest absolute Gasteiger partial charge is 0.167 e. The minimum Gasteiger partial charge on any atom is -0.294 e. The molecule has 0 N–H and O–H groups in total. The summed E-state index contributed by atoms with van der Waals surface area (Å²) in [7, 11) is 0. The van der Waals surface area contributed by atoms with Gasteiger partial charge in [0, 0.05) is 6.42 Å². The summed E-state index contributed by atoms with van der Waals surface area (Å²) >= 11 is 0. The molecular formula is C15H12FN3O. The predicted molar refractivity (Wildman–Crippen MR) is 72.9 cm³/mol. The number of hydrogen-bond acceptors (Lipinski definition) is 3. The van der Waals surface area contributed by atoms with Crippen molar-refractivity contribution in [1.29, 1.82) is 0 Å². The van der Waals surface area contributed by atoms with Crippen LogP contribution in [0.5, 0.6) is 0 Å². The second-order valence-corrected chi connectivity index (χ2v) is 4.45. The zero-order valence-corrected chi connectivity index (χ0v) is 10.7. The van der Waals surface area contributed by atoms with E-state index in [0.29, 0.717) is 6.54 Å². The van der Waals surface area contributed by atoms with Gasteiger partial charge in [0.25, 0.3) is 0 Å². The van der Waals surface area contributed by atoms with E-state index in [1.54, 1.807) is 16.8 Å². The Labute approximate surface area is 114 Å². The van der Waals surface area contributed by atoms with Crippen LogP contribution in [-0.2, 0) is 6.54 Å². The lowest BCUT2D eigenvalue weighted by Gasteiger charge is -2.03. The largest absolute Gasteiger partial charge is 0.294 e. The minimum absolute atomic E-state index is 0.122. The van der Waals surface area contributed by atoms with Crippen LogP contribution in [0, 0.1) is 5.82 Å². The molecule has 0 unspecified atom stereocenters. The summed E-state index contributed by atoms with van der Waals surface area (Å²) in [5.74, 6) is -0.719. The number of carbonyl (C=O) groups is 1. The van der Waals surface area contributed by atoms with Gasteiger partial charge in [-0.15, -0.1) is 5.10 Å². The Morgan fingerprint density at radius 3 is 2.70 bits per heavy atom. The maximum Gasteiger partial charge on any atom is 0.167 e. The highest BCUT2D eigenvalue weighted by atomic mass is 19.1. The van der Waals surface area contributed by atoms with Crippen LogP contribution >= 0.6 is 0 Å². The van der Waals surface area contributed by atoms with E-state index in [-0.39, 0.29) is 17.8 Å². The molecule has 0 aliphatic heterocycles. The number of nitrogens with zero attached hydrogens (tertiary/aromatic N) is 3. The van der Waals surface area contributed by atoms with E-state index in [1.165, 1.54) is 12.1 Å². The van der Waals surface area contributed by atoms with Gasteiger partial charge in [0.15, 0.2) is 5.78 Å². The topological polar surface area (TPSA) is 47.8 Å². The van der Waals surface area contributed by atoms with Crippen molar-refractivity contribution >= 4 is 16.8 Å². The Morgan fingerprint density at radius 2 is 1.85 bits per heavy atom. The normalized spacial score (nSPS) is 10.8. The lowest BCUT2D eigenvalue weighted by molar-refractivity contribution is 0.0972. The van der Waals surface area contributed by atoms with Crippen LogP contribution < -0.4 is 0 Å². The van der Waals surface area contributed by atoms with E-state index in [2.05, 4.69) is 10.3 Å². The third-order valence-corrected chi connectivity index (χ3v) is 3.15. The van der Waals surface area contributed by atoms with Crippen LogP contribution in [0.2, 0.25) is 0 Å². The van der Waals surface area contributed by atoms with E-state index in [9.17, 15) is 9.18 Å². The van der Waals surface area contributed by atoms with Crippen molar-refractivity contribution in [2.24, 2.45) is 0 Å². The first-order chi connectivity index (χ1) is 9.75. The SMILES string of the molecule is O=C(CCn1nnc2ccccc21)c1ccccc1F. The molecular weight excluding hydrogens is 257 g/mol. The van der Waals surface area contributed by atoms with Gasteiger partial charge in [0.05, 0.1) is 17.6 Å². The average molecular weight is 269 g/mol. The first-order valence-corrected chi connectivity index (χ1v) is 6.31. The Morgan fingerprint density at radius 1 is 1.10 bits per heavy atom. The summed E-state index contributed by atoms with van der Waals surface area (Å²) in [6.45, 7) is 0.383. The standard InChI is InChI=1S/C15H12FN3O/c16-12-6-2-1-5-11(12)15(20)9-10-19-14-8-4-3-7-13(14)17-18-19/h1-8H,9-10H2. The molecule has 0 saturated heterocycles. The molecule has 3 aromatic rings. The van der Waals surface area contributed by atoms with Crippen LogP contribution in [0.1, 0.15) is 16.8 Å². The van der Waals surface area contributed by atoms with E-state index in [1.807, 2.05) is 24.3 Å². The highest BCUT2D eigenvalue weighted by Gasteiger charge is 2.12. The summed E-state index contributed by atoms with van der Waals surface area (Å²) < 4.78 is 15.2. The van der Waals surface area contributed by atoms with Crippen molar-refractivity contribution in [2.75, 3.05) is 0 Å². The maximum atomic E-state index is 13.5. The van der Waals surface area contributed by atoms with Crippen molar-refractivity contribution in [3.63, 3.8) is 0 Å². The Balaban J connectivity index is 1.77. The fraction of sp³-hybridized carbons (Fsp3) is 0.133. The molecule has 1 heterocycles. The number of ketones is 1. The number of halogens is 1. The van der Waals surface area contributed by atoms with Crippen molar-refractivity contribution in [3.05, 3.63) is 59.9 Å². The number of Topliss-reactive ketones (excluding diaryl/α,β-unsaturated/α-hetero) is 1. The van der Waals surface area contributed by atoms with Gasteiger partial charge >= 0.3 is 0 Å². The van der Waals surface area contributed by atoms with Gasteiger partial charge in [0.1, 0.15) is 11.3 Å². The Bertz CT molecular complexity index is 766. The van der Waals surface area contributed by atoms with E-state index in [4.69, 9.17) is 0 Å². The van der Waals surface area contributed by atoms with Crippen molar-refractivity contribution in [3.8, 4) is 0 Å². The molecule has 0 aliphatic carbocycles. The van der Waals surface area contributed by atoms with Crippen LogP contribution in [0.4, 0.5) is 4.39 Å². The summed E-state index contributed by atoms with van der Waals surface area (Å²) in [4.78, 5) is 12.0. The fourth-order valence-electron chi connectivity index (χ4n) is 2.11. The zero-order valence-electron chi connectivity index (χ0n) is 10.7. The summed E-state index contributed by atoms with van der Waals surface area (Å²) in [6.07, 6.45) is 0.189. The van der Waals surface area contributed by atoms with Crippen molar-refractivity contribution in [2.45, 2.75) is 13.0 Å². The Hall–Kier alpha value is -2.56. The van der Waals surface area contributed by atoms with E-state index in [0.717, 1.165) is 11.0 Å². The second kappa shape index (κ2) is 5.21. The molecule has 4 nitrogen and oxygen atoms in total. The molecule has 0 spiro atoms. The highest BCUT2D eigenvalue weighted by Crippen LogP contribution is 2.13. The number of benzene rings is 2. The van der Waals surface area contributed by atoms with Gasteiger partial charge in [-0.1, -0.05) is 29.5 Å². The average Bonchev–Trinajstić information content (AvgIpc) is 2.88. The quantitative estimate of drug-likeness (QED) is 0.684. The summed E-state index contributed by atoms with van der Waals surface area (Å²) in [5.41, 5.74) is 1.77. The zero-order chi connectivity index (χ0) is 13.9. The molecule has 3 rings (SSSR count). The molecule has 20 heavy (non-hydrogen) atoms. The number of aryl methyl sites for hydroxylation is 1. The number of para-hydroxylation sites is 1. The number of aromatic nitrogens is 3. The number of hydrogen-bond donors (Lipinski definition) is 0. The van der Waals surface area contributed by atoms with Gasteiger partial charge in [-0.25, -0.2) is 9.07 Å². The number of fused-ring (bicyclic) bond motifs is 1. The number of carbonyl (C=O) groups excluding carboxylic acids is 1. The predicted octanol–water partition coefficient (Wildman–Crippen LogP) is 2.84. The van der Waals surface area contributed by atoms with Gasteiger partial charge in [-0.05, 0) is 24.3 Å². The monoisotopic (exact) mass is 269 g/mol. The van der Waals surface area contributed by atoms with Crippen LogP contribution in [0.3, 0.4) is 0 Å². The first-order valence-electron chi connectivity index (χ1n) is 6.31. The molecule has 2 aromatic carbocycles. The van der Waals surface area contributed by atoms with Gasteiger partial charge in [-0.2, -0.15) is 0 Å². The van der Waals surface area contributed by atoms with Gasteiger partial charge < -0.3 is 0 Å². The van der Waals surface area contributed by atoms with Gasteiger partial charge in [0.2, 0.25) is 0 Å². The summed E-state index contributed by atoms with van der Waals surface area (Å²) in [5, 5.41) is 8.02. The second-order valence-electron chi connectivity index (χ2n) is 4.45. The molecule has 0 fully saturated rings. The van der Waals surface area contributed by atoms with Crippen molar-refractivity contribution in [1.82, 2.24) is 15.0 Å². The molecule has 0 atom stereocenters. The molecule has 1 aromatic heterocycles. The van der Waals surface area contributed by atoms with E-state index >= 15 is 0 Å². The molecule has 0 amide bonds. The van der Waals surface area contributed by atoms with Gasteiger partial charge in [-0.3, -0.25) is 4.79 Å². The lowest BCUT2D eigenvalue weighted by atomic mass is 10.1. The Kier molecular flexibility index (Phi) is 3.25. The van der Waals surface area contributed by atoms with E-state index < -0.39 is 5.82 Å². The third kappa shape index (κ3) is 2.30. The molecule has 100 valence electrons. The van der Waals surface area contributed by atoms with Crippen LogP contribution in [-0.4, -0.2) is 20.8 Å². The molecule has 0 radical (unpaired) electrons. The third-order valence-electron chi connectivity index (χ3n) is 3.15. The molecule has 0 aliphatic rings. The minimum atomic E-state index is -0.485. The maximum absolute atomic E-state index is 13.5. The lowest BCUT2D eigenvalue weighted by Crippen LogP contribution is -2.08. The molecule has 5 heteroatoms. The highest BCUT2D eigenvalue weighted by molar-refractivity contribution is 5.96. The van der Waals surface area contributed by atoms with Crippen LogP contribution in [0.15, 0.2) is 48.5 Å². The molecule has 0 bridgehead atoms. The fourth-order valence-corrected chi connectivity index (χ4v) is 2.11. The molecule has 0 saturated carbocycles. The number of rotatable bonds is 4.